The molecule has 1 aromatic rings. The van der Waals surface area contributed by atoms with Crippen LogP contribution < -0.4 is 11.1 Å². The maximum Gasteiger partial charge on any atom is 0.416 e. The monoisotopic (exact) mass is 408 g/mol. The molecule has 1 fully saturated rings. The first-order valence-electron chi connectivity index (χ1n) is 9.12. The molecule has 0 spiro atoms. The van der Waals surface area contributed by atoms with Crippen LogP contribution in [0.2, 0.25) is 0 Å². The molecule has 154 valence electrons. The molecule has 1 amide bonds. The van der Waals surface area contributed by atoms with Crippen LogP contribution in [0.25, 0.3) is 0 Å². The molecule has 0 heterocycles. The van der Waals surface area contributed by atoms with Gasteiger partial charge in [0, 0.05) is 25.1 Å². The Labute approximate surface area is 164 Å². The topological polar surface area (TPSA) is 64.3 Å². The number of halogens is 4. The lowest BCUT2D eigenvalue weighted by molar-refractivity contribution is -0.137. The van der Waals surface area contributed by atoms with E-state index in [4.69, 9.17) is 10.5 Å². The number of carbonyl (C=O) groups excluding carboxylic acids is 1. The maximum absolute atomic E-state index is 12.7. The second-order valence-electron chi connectivity index (χ2n) is 6.82. The van der Waals surface area contributed by atoms with E-state index in [1.165, 1.54) is 6.07 Å². The van der Waals surface area contributed by atoms with E-state index in [0.29, 0.717) is 38.0 Å². The Kier molecular flexibility index (Phi) is 9.56. The highest BCUT2D eigenvalue weighted by Crippen LogP contribution is 2.29. The predicted molar refractivity (Wildman–Crippen MR) is 101 cm³/mol. The van der Waals surface area contributed by atoms with E-state index in [-0.39, 0.29) is 36.4 Å². The lowest BCUT2D eigenvalue weighted by Crippen LogP contribution is -2.46. The van der Waals surface area contributed by atoms with Crippen LogP contribution in [0.15, 0.2) is 24.3 Å². The van der Waals surface area contributed by atoms with E-state index in [1.807, 2.05) is 6.92 Å². The maximum atomic E-state index is 12.7. The van der Waals surface area contributed by atoms with Crippen LogP contribution in [0, 0.1) is 5.92 Å². The average Bonchev–Trinajstić information content (AvgIpc) is 2.60. The molecule has 0 bridgehead atoms. The third kappa shape index (κ3) is 7.31. The zero-order valence-electron chi connectivity index (χ0n) is 15.4. The van der Waals surface area contributed by atoms with Crippen LogP contribution in [0.4, 0.5) is 13.2 Å². The van der Waals surface area contributed by atoms with Crippen LogP contribution in [-0.4, -0.2) is 31.2 Å². The first-order valence-corrected chi connectivity index (χ1v) is 9.12. The molecule has 1 aliphatic carbocycles. The molecule has 0 saturated heterocycles. The number of carbonyl (C=O) groups is 1. The smallest absolute Gasteiger partial charge is 0.377 e. The lowest BCUT2D eigenvalue weighted by Gasteiger charge is -2.33. The number of amides is 1. The molecule has 1 aromatic carbocycles. The van der Waals surface area contributed by atoms with Gasteiger partial charge in [-0.15, -0.1) is 12.4 Å². The molecule has 8 heteroatoms. The van der Waals surface area contributed by atoms with Gasteiger partial charge in [-0.25, -0.2) is 0 Å². The summed E-state index contributed by atoms with van der Waals surface area (Å²) in [6, 6.07) is 5.15. The Morgan fingerprint density at radius 1 is 1.33 bits per heavy atom. The molecule has 3 N–H and O–H groups in total. The second kappa shape index (κ2) is 10.9. The standard InChI is InChI=1S/C19H27F3N2O2.ClH/c1-2-10-26-17-12-14(6-7-16(17)23)18(25)24-9-8-13-4-3-5-15(11-13)19(20,21)22;/h3-5,11,14,16-17H,2,6-10,12,23H2,1H3,(H,24,25);1H/t14-,16-,17-;/m0./s1. The van der Waals surface area contributed by atoms with E-state index in [2.05, 4.69) is 5.32 Å². The summed E-state index contributed by atoms with van der Waals surface area (Å²) in [5, 5.41) is 2.83. The number of nitrogens with one attached hydrogen (secondary N) is 1. The lowest BCUT2D eigenvalue weighted by atomic mass is 9.83. The fraction of sp³-hybridized carbons (Fsp3) is 0.632. The van der Waals surface area contributed by atoms with Crippen molar-refractivity contribution in [2.75, 3.05) is 13.2 Å². The van der Waals surface area contributed by atoms with Gasteiger partial charge >= 0.3 is 6.18 Å². The minimum Gasteiger partial charge on any atom is -0.377 e. The quantitative estimate of drug-likeness (QED) is 0.722. The van der Waals surface area contributed by atoms with Crippen LogP contribution in [0.3, 0.4) is 0 Å². The number of hydrogen-bond donors (Lipinski definition) is 2. The molecule has 1 aliphatic rings. The number of hydrogen-bond acceptors (Lipinski definition) is 3. The normalized spacial score (nSPS) is 22.8. The third-order valence-corrected chi connectivity index (χ3v) is 4.72. The molecule has 0 radical (unpaired) electrons. The van der Waals surface area contributed by atoms with Gasteiger partial charge < -0.3 is 15.8 Å². The van der Waals surface area contributed by atoms with Gasteiger partial charge in [-0.1, -0.05) is 25.1 Å². The van der Waals surface area contributed by atoms with Crippen molar-refractivity contribution in [3.63, 3.8) is 0 Å². The van der Waals surface area contributed by atoms with Crippen LogP contribution in [0.5, 0.6) is 0 Å². The van der Waals surface area contributed by atoms with Gasteiger partial charge in [-0.2, -0.15) is 13.2 Å². The average molecular weight is 409 g/mol. The summed E-state index contributed by atoms with van der Waals surface area (Å²) in [4.78, 5) is 12.4. The van der Waals surface area contributed by atoms with Crippen LogP contribution in [0.1, 0.15) is 43.7 Å². The molecule has 3 atom stereocenters. The Morgan fingerprint density at radius 2 is 2.07 bits per heavy atom. The Hall–Kier alpha value is -1.31. The van der Waals surface area contributed by atoms with Gasteiger partial charge in [-0.3, -0.25) is 4.79 Å². The van der Waals surface area contributed by atoms with Crippen molar-refractivity contribution in [1.82, 2.24) is 5.32 Å². The van der Waals surface area contributed by atoms with E-state index in [1.54, 1.807) is 6.07 Å². The van der Waals surface area contributed by atoms with Crippen molar-refractivity contribution >= 4 is 18.3 Å². The zero-order chi connectivity index (χ0) is 19.2. The number of nitrogens with two attached hydrogens (primary N) is 1. The summed E-state index contributed by atoms with van der Waals surface area (Å²) in [6.45, 7) is 2.96. The van der Waals surface area contributed by atoms with E-state index < -0.39 is 11.7 Å². The molecule has 0 unspecified atom stereocenters. The summed E-state index contributed by atoms with van der Waals surface area (Å²) in [6.07, 6.45) is -1.16. The number of rotatable bonds is 7. The van der Waals surface area contributed by atoms with Gasteiger partial charge in [0.15, 0.2) is 0 Å². The zero-order valence-corrected chi connectivity index (χ0v) is 16.2. The van der Waals surface area contributed by atoms with Crippen molar-refractivity contribution in [1.29, 1.82) is 0 Å². The summed E-state index contributed by atoms with van der Waals surface area (Å²) in [7, 11) is 0. The minimum absolute atomic E-state index is 0. The molecule has 0 aliphatic heterocycles. The molecule has 27 heavy (non-hydrogen) atoms. The van der Waals surface area contributed by atoms with E-state index in [0.717, 1.165) is 25.0 Å². The van der Waals surface area contributed by atoms with Gasteiger partial charge in [0.1, 0.15) is 0 Å². The number of benzene rings is 1. The predicted octanol–water partition coefficient (Wildman–Crippen LogP) is 3.71. The Bertz CT molecular complexity index is 599. The van der Waals surface area contributed by atoms with E-state index >= 15 is 0 Å². The Morgan fingerprint density at radius 3 is 2.74 bits per heavy atom. The van der Waals surface area contributed by atoms with Crippen LogP contribution >= 0.6 is 12.4 Å². The molecule has 0 aromatic heterocycles. The second-order valence-corrected chi connectivity index (χ2v) is 6.82. The van der Waals surface area contributed by atoms with Crippen molar-refractivity contribution in [2.24, 2.45) is 11.7 Å². The van der Waals surface area contributed by atoms with Crippen molar-refractivity contribution < 1.29 is 22.7 Å². The first-order chi connectivity index (χ1) is 12.3. The highest BCUT2D eigenvalue weighted by atomic mass is 35.5. The van der Waals surface area contributed by atoms with Gasteiger partial charge in [0.2, 0.25) is 5.91 Å². The first kappa shape index (κ1) is 23.7. The minimum atomic E-state index is -4.35. The number of ether oxygens (including phenoxy) is 1. The fourth-order valence-corrected chi connectivity index (χ4v) is 3.23. The summed E-state index contributed by atoms with van der Waals surface area (Å²) < 4.78 is 43.9. The largest absolute Gasteiger partial charge is 0.416 e. The molecular formula is C19H28ClF3N2O2. The summed E-state index contributed by atoms with van der Waals surface area (Å²) >= 11 is 0. The number of alkyl halides is 3. The third-order valence-electron chi connectivity index (χ3n) is 4.72. The highest BCUT2D eigenvalue weighted by molar-refractivity contribution is 5.85. The fourth-order valence-electron chi connectivity index (χ4n) is 3.23. The van der Waals surface area contributed by atoms with Crippen LogP contribution in [-0.2, 0) is 22.1 Å². The van der Waals surface area contributed by atoms with E-state index in [9.17, 15) is 18.0 Å². The molecular weight excluding hydrogens is 381 g/mol. The van der Waals surface area contributed by atoms with Crippen molar-refractivity contribution in [3.8, 4) is 0 Å². The van der Waals surface area contributed by atoms with Gasteiger partial charge in [-0.05, 0) is 43.7 Å². The summed E-state index contributed by atoms with van der Waals surface area (Å²) in [5.74, 6) is -0.229. The van der Waals surface area contributed by atoms with Gasteiger partial charge in [0.25, 0.3) is 0 Å². The van der Waals surface area contributed by atoms with Gasteiger partial charge in [0.05, 0.1) is 11.7 Å². The Balaban J connectivity index is 0.00000364. The van der Waals surface area contributed by atoms with Crippen molar-refractivity contribution in [3.05, 3.63) is 35.4 Å². The highest BCUT2D eigenvalue weighted by Gasteiger charge is 2.32. The summed E-state index contributed by atoms with van der Waals surface area (Å²) in [5.41, 5.74) is 5.94. The molecule has 2 rings (SSSR count). The van der Waals surface area contributed by atoms with Crippen molar-refractivity contribution in [2.45, 2.75) is 57.3 Å². The molecule has 1 saturated carbocycles. The molecule has 4 nitrogen and oxygen atoms in total. The SMILES string of the molecule is CCCO[C@H]1C[C@@H](C(=O)NCCc2cccc(C(F)(F)F)c2)CC[C@@H]1N.Cl.